The Balaban J connectivity index is 3.48. The zero-order chi connectivity index (χ0) is 9.46. The van der Waals surface area contributed by atoms with Gasteiger partial charge in [0, 0.05) is 0 Å². The first-order valence-electron chi connectivity index (χ1n) is 3.70. The van der Waals surface area contributed by atoms with E-state index in [1.165, 1.54) is 0 Å². The molecule has 3 nitrogen and oxygen atoms in total. The summed E-state index contributed by atoms with van der Waals surface area (Å²) in [4.78, 5) is 0. The Labute approximate surface area is 78.1 Å². The molecule has 1 heterocycles. The van der Waals surface area contributed by atoms with E-state index < -0.39 is 0 Å². The zero-order valence-corrected chi connectivity index (χ0v) is 9.64. The van der Waals surface area contributed by atoms with E-state index in [9.17, 15) is 5.11 Å². The molecule has 1 rings (SSSR count). The number of hydrogen-bond acceptors (Lipinski definition) is 1. The molecule has 0 saturated carbocycles. The summed E-state index contributed by atoms with van der Waals surface area (Å²) in [6.45, 7) is 1.86. The third-order valence-corrected chi connectivity index (χ3v) is 2.60. The van der Waals surface area contributed by atoms with Gasteiger partial charge in [-0.2, -0.15) is 0 Å². The molecule has 0 fully saturated rings. The Morgan fingerprint density at radius 1 is 1.82 bits per heavy atom. The summed E-state index contributed by atoms with van der Waals surface area (Å²) >= 11 is 1.02. The first-order valence-corrected chi connectivity index (χ1v) is 4.66. The fourth-order valence-electron chi connectivity index (χ4n) is 0.948. The molecule has 60 valence electrons. The van der Waals surface area contributed by atoms with Gasteiger partial charge in [0.2, 0.25) is 0 Å². The third-order valence-electron chi connectivity index (χ3n) is 1.91. The summed E-state index contributed by atoms with van der Waals surface area (Å²) in [7, 11) is 3.53. The Kier molecular flexibility index (Phi) is 1.90. The van der Waals surface area contributed by atoms with Gasteiger partial charge in [-0.25, -0.2) is 0 Å². The number of rotatable bonds is 1. The quantitative estimate of drug-likeness (QED) is 0.606. The molecule has 0 spiro atoms. The Morgan fingerprint density at radius 2 is 2.36 bits per heavy atom. The van der Waals surface area contributed by atoms with E-state index in [1.54, 1.807) is 16.2 Å². The molecule has 0 aliphatic rings. The first kappa shape index (κ1) is 7.23. The van der Waals surface area contributed by atoms with E-state index in [1.807, 2.05) is 14.0 Å². The summed E-state index contributed by atoms with van der Waals surface area (Å²) in [5.41, 5.74) is 0.505. The number of nitrogens with zero attached hydrogens (tertiary/aromatic N) is 2. The Hall–Kier alpha value is -0.432. The van der Waals surface area contributed by atoms with E-state index >= 15 is 0 Å². The topological polar surface area (TPSA) is 31.9 Å². The minimum atomic E-state index is -0.0741. The van der Waals surface area contributed by atoms with Crippen LogP contribution in [-0.4, -0.2) is 8.94 Å². The summed E-state index contributed by atoms with van der Waals surface area (Å²) in [6, 6.07) is 0. The van der Waals surface area contributed by atoms with Crippen LogP contribution >= 0.6 is 0 Å². The molecule has 0 N–H and O–H groups in total. The molecular weight excluding hydrogens is 312 g/mol. The molecule has 0 aliphatic carbocycles. The van der Waals surface area contributed by atoms with Crippen LogP contribution in [-0.2, 0) is 33.4 Å². The second-order valence-corrected chi connectivity index (χ2v) is 3.15. The summed E-state index contributed by atoms with van der Waals surface area (Å²) in [5, 5.41) is 11.5. The Bertz CT molecular complexity index is 320. The minimum absolute atomic E-state index is 0.0741. The van der Waals surface area contributed by atoms with Crippen LogP contribution in [0.15, 0.2) is 0 Å². The summed E-state index contributed by atoms with van der Waals surface area (Å²) in [6.07, 6.45) is 0. The van der Waals surface area contributed by atoms with Gasteiger partial charge in [0.1, 0.15) is 0 Å². The number of hydrogen-bond donors (Lipinski definition) is 0. The van der Waals surface area contributed by atoms with E-state index in [2.05, 4.69) is 0 Å². The molecule has 0 radical (unpaired) electrons. The maximum atomic E-state index is 11.5. The molecule has 1 aromatic rings. The molecular formula is C7H10N2OW. The van der Waals surface area contributed by atoms with Crippen LogP contribution in [0.4, 0.5) is 0 Å². The normalized spacial score (nSPS) is 11.4. The van der Waals surface area contributed by atoms with E-state index in [4.69, 9.17) is 1.37 Å². The molecule has 0 atom stereocenters. The second-order valence-electron chi connectivity index (χ2n) is 2.42. The van der Waals surface area contributed by atoms with Gasteiger partial charge in [-0.3, -0.25) is 0 Å². The molecule has 11 heavy (non-hydrogen) atoms. The van der Waals surface area contributed by atoms with Crippen LogP contribution in [0.2, 0.25) is 0 Å². The fraction of sp³-hybridized carbons (Fsp3) is 0.429. The average Bonchev–Trinajstić information content (AvgIpc) is 2.16. The van der Waals surface area contributed by atoms with Gasteiger partial charge in [0.05, 0.1) is 0 Å². The Morgan fingerprint density at radius 3 is 2.55 bits per heavy atom. The summed E-state index contributed by atoms with van der Waals surface area (Å²) in [5.74, 6) is 0.802. The van der Waals surface area contributed by atoms with Crippen LogP contribution in [0, 0.1) is 6.92 Å². The molecule has 0 bridgehead atoms. The van der Waals surface area contributed by atoms with E-state index in [-0.39, 0.29) is 5.88 Å². The van der Waals surface area contributed by atoms with Gasteiger partial charge >= 0.3 is 77.8 Å². The van der Waals surface area contributed by atoms with Crippen molar-refractivity contribution in [3.8, 4) is 5.88 Å². The predicted octanol–water partition coefficient (Wildman–Crippen LogP) is -1.07. The molecule has 4 heteroatoms. The fourth-order valence-corrected chi connectivity index (χ4v) is 1.75. The van der Waals surface area contributed by atoms with Gasteiger partial charge < -0.3 is 0 Å². The van der Waals surface area contributed by atoms with Crippen LogP contribution < -0.4 is 9.67 Å². The van der Waals surface area contributed by atoms with Crippen molar-refractivity contribution in [2.24, 2.45) is 14.1 Å². The van der Waals surface area contributed by atoms with Gasteiger partial charge in [-0.05, 0) is 0 Å². The van der Waals surface area contributed by atoms with Crippen molar-refractivity contribution in [2.45, 2.75) is 6.92 Å². The van der Waals surface area contributed by atoms with Crippen molar-refractivity contribution in [3.05, 3.63) is 11.5 Å². The first-order chi connectivity index (χ1) is 5.46. The molecule has 0 aliphatic heterocycles. The van der Waals surface area contributed by atoms with Crippen molar-refractivity contribution >= 4 is 4.38 Å². The molecule has 0 amide bonds. The molecule has 0 unspecified atom stereocenters. The zero-order valence-electron chi connectivity index (χ0n) is 7.71. The maximum absolute atomic E-state index is 11.5. The summed E-state index contributed by atoms with van der Waals surface area (Å²) < 4.78 is 11.1. The van der Waals surface area contributed by atoms with Crippen LogP contribution in [0.25, 0.3) is 0 Å². The van der Waals surface area contributed by atoms with Gasteiger partial charge in [-0.15, -0.1) is 0 Å². The van der Waals surface area contributed by atoms with E-state index in [0.717, 1.165) is 25.2 Å². The van der Waals surface area contributed by atoms with E-state index in [0.29, 0.717) is 10.1 Å². The standard InChI is InChI=1S/C7H10N2O.W/c1-5-7(10)9(4)6(2)8(5)3;/h1H,2-4H3;/i1T;. The second kappa shape index (κ2) is 2.90. The van der Waals surface area contributed by atoms with Crippen LogP contribution in [0.3, 0.4) is 0 Å². The number of imidazole rings is 1. The van der Waals surface area contributed by atoms with Crippen molar-refractivity contribution in [1.82, 2.24) is 4.57 Å². The van der Waals surface area contributed by atoms with Crippen molar-refractivity contribution in [3.63, 3.8) is 0 Å². The van der Waals surface area contributed by atoms with Crippen LogP contribution in [0.5, 0.6) is 5.88 Å². The van der Waals surface area contributed by atoms with Gasteiger partial charge in [-0.1, -0.05) is 0 Å². The monoisotopic (exact) mass is 324 g/mol. The molecule has 0 saturated heterocycles. The van der Waals surface area contributed by atoms with Crippen molar-refractivity contribution in [2.75, 3.05) is 0 Å². The van der Waals surface area contributed by atoms with Crippen molar-refractivity contribution < 1.29 is 30.4 Å². The van der Waals surface area contributed by atoms with Gasteiger partial charge in [0.25, 0.3) is 0 Å². The molecule has 1 aromatic heterocycles. The van der Waals surface area contributed by atoms with Crippen molar-refractivity contribution in [1.29, 1.82) is 0 Å². The number of aromatic nitrogens is 2. The third kappa shape index (κ3) is 1.18. The van der Waals surface area contributed by atoms with Crippen LogP contribution in [0.1, 0.15) is 12.9 Å². The SMILES string of the molecule is [3H][C](=[W])c1c([O-])[n+](C)c(C)n1C. The molecule has 0 aromatic carbocycles. The van der Waals surface area contributed by atoms with Gasteiger partial charge in [0.15, 0.2) is 0 Å². The average molecular weight is 324 g/mol. The predicted molar refractivity (Wildman–Crippen MR) is 35.9 cm³/mol.